The number of nitrogens with zero attached hydrogens (tertiary/aromatic N) is 1. The predicted molar refractivity (Wildman–Crippen MR) is 64.5 cm³/mol. The van der Waals surface area contributed by atoms with Crippen LogP contribution < -0.4 is 0 Å². The Morgan fingerprint density at radius 3 is 2.47 bits per heavy atom. The number of hydrogen-bond donors (Lipinski definition) is 1. The molecule has 0 aromatic carbocycles. The second-order valence-corrected chi connectivity index (χ2v) is 4.61. The number of hydrogen-bond acceptors (Lipinski definition) is 3. The van der Waals surface area contributed by atoms with Gasteiger partial charge in [0.05, 0.1) is 20.6 Å². The molecule has 0 amide bonds. The lowest BCUT2D eigenvalue weighted by molar-refractivity contribution is -0.890. The predicted octanol–water partition coefficient (Wildman–Crippen LogP) is 1.05. The van der Waals surface area contributed by atoms with Gasteiger partial charge in [-0.1, -0.05) is 6.58 Å². The minimum absolute atomic E-state index is 0.214. The molecule has 98 valence electrons. The first kappa shape index (κ1) is 15.6. The van der Waals surface area contributed by atoms with Crippen molar-refractivity contribution in [2.45, 2.75) is 19.3 Å². The number of rotatable bonds is 9. The maximum absolute atomic E-state index is 10.8. The minimum Gasteiger partial charge on any atom is -0.481 e. The Bertz CT molecular complexity index is 274. The average Bonchev–Trinajstić information content (AvgIpc) is 2.23. The van der Waals surface area contributed by atoms with Crippen molar-refractivity contribution in [2.24, 2.45) is 0 Å². The van der Waals surface area contributed by atoms with Gasteiger partial charge < -0.3 is 14.3 Å². The van der Waals surface area contributed by atoms with Crippen molar-refractivity contribution in [1.29, 1.82) is 0 Å². The molecule has 0 bridgehead atoms. The van der Waals surface area contributed by atoms with Crippen LogP contribution in [0.4, 0.5) is 0 Å². The van der Waals surface area contributed by atoms with Crippen LogP contribution in [0.25, 0.3) is 0 Å². The minimum atomic E-state index is -0.754. The molecule has 0 rings (SSSR count). The van der Waals surface area contributed by atoms with Crippen LogP contribution in [0, 0.1) is 0 Å². The normalized spacial score (nSPS) is 10.9. The lowest BCUT2D eigenvalue weighted by Crippen LogP contribution is -2.43. The number of quaternary nitrogens is 1. The van der Waals surface area contributed by atoms with Gasteiger partial charge in [-0.05, 0) is 12.8 Å². The van der Waals surface area contributed by atoms with Crippen molar-refractivity contribution in [1.82, 2.24) is 0 Å². The molecule has 5 nitrogen and oxygen atoms in total. The van der Waals surface area contributed by atoms with Crippen LogP contribution in [0.2, 0.25) is 0 Å². The first-order chi connectivity index (χ1) is 7.87. The summed E-state index contributed by atoms with van der Waals surface area (Å²) in [5.74, 6) is -1.16. The number of aliphatic carboxylic acids is 1. The first-order valence-electron chi connectivity index (χ1n) is 5.70. The Balaban J connectivity index is 3.68. The van der Waals surface area contributed by atoms with E-state index in [1.807, 2.05) is 14.1 Å². The molecule has 0 spiro atoms. The highest BCUT2D eigenvalue weighted by Crippen LogP contribution is 2.04. The second kappa shape index (κ2) is 7.84. The van der Waals surface area contributed by atoms with E-state index in [0.29, 0.717) is 24.1 Å². The Morgan fingerprint density at radius 2 is 1.94 bits per heavy atom. The summed E-state index contributed by atoms with van der Waals surface area (Å²) in [6.07, 6.45) is 2.90. The molecule has 0 aromatic rings. The van der Waals surface area contributed by atoms with Crippen LogP contribution in [0.5, 0.6) is 0 Å². The van der Waals surface area contributed by atoms with Crippen LogP contribution in [0.15, 0.2) is 12.7 Å². The Kier molecular flexibility index (Phi) is 7.21. The van der Waals surface area contributed by atoms with E-state index in [-0.39, 0.29) is 6.42 Å². The third kappa shape index (κ3) is 9.56. The van der Waals surface area contributed by atoms with Gasteiger partial charge in [-0.25, -0.2) is 4.79 Å². The molecule has 0 fully saturated rings. The zero-order chi connectivity index (χ0) is 13.3. The number of carboxylic acids is 1. The van der Waals surface area contributed by atoms with Gasteiger partial charge in [0.2, 0.25) is 0 Å². The van der Waals surface area contributed by atoms with Crippen molar-refractivity contribution in [2.75, 3.05) is 33.8 Å². The van der Waals surface area contributed by atoms with Crippen molar-refractivity contribution in [3.8, 4) is 0 Å². The van der Waals surface area contributed by atoms with Crippen LogP contribution in [-0.2, 0) is 14.3 Å². The summed E-state index contributed by atoms with van der Waals surface area (Å²) in [4.78, 5) is 21.2. The number of esters is 1. The second-order valence-electron chi connectivity index (χ2n) is 4.61. The standard InChI is InChI=1S/C12H21NO4/c1-4-12(16)17-10-9-13(2,3)8-6-5-7-11(14)15/h4H,1,5-10H2,2-3H3/p+1. The summed E-state index contributed by atoms with van der Waals surface area (Å²) in [5.41, 5.74) is 0. The molecule has 0 saturated heterocycles. The van der Waals surface area contributed by atoms with Crippen LogP contribution in [0.3, 0.4) is 0 Å². The van der Waals surface area contributed by atoms with Crippen molar-refractivity contribution in [3.05, 3.63) is 12.7 Å². The number of carboxylic acid groups (broad SMARTS) is 1. The Morgan fingerprint density at radius 1 is 1.29 bits per heavy atom. The molecule has 17 heavy (non-hydrogen) atoms. The molecule has 1 N–H and O–H groups in total. The van der Waals surface area contributed by atoms with E-state index in [1.54, 1.807) is 0 Å². The summed E-state index contributed by atoms with van der Waals surface area (Å²) in [7, 11) is 4.06. The lowest BCUT2D eigenvalue weighted by Gasteiger charge is -2.29. The van der Waals surface area contributed by atoms with E-state index < -0.39 is 11.9 Å². The van der Waals surface area contributed by atoms with Crippen molar-refractivity contribution in [3.63, 3.8) is 0 Å². The highest BCUT2D eigenvalue weighted by atomic mass is 16.5. The monoisotopic (exact) mass is 244 g/mol. The molecule has 0 aromatic heterocycles. The van der Waals surface area contributed by atoms with Gasteiger partial charge in [0, 0.05) is 12.5 Å². The van der Waals surface area contributed by atoms with Gasteiger partial charge >= 0.3 is 11.9 Å². The SMILES string of the molecule is C=CC(=O)OCC[N+](C)(C)CCCCC(=O)O. The van der Waals surface area contributed by atoms with E-state index >= 15 is 0 Å². The highest BCUT2D eigenvalue weighted by Gasteiger charge is 2.15. The molecule has 0 heterocycles. The molecule has 0 aliphatic heterocycles. The summed E-state index contributed by atoms with van der Waals surface area (Å²) in [5, 5.41) is 8.50. The number of ether oxygens (including phenoxy) is 1. The van der Waals surface area contributed by atoms with E-state index in [1.165, 1.54) is 0 Å². The van der Waals surface area contributed by atoms with E-state index in [4.69, 9.17) is 9.84 Å². The molecule has 5 heteroatoms. The third-order valence-electron chi connectivity index (χ3n) is 2.51. The van der Waals surface area contributed by atoms with Crippen molar-refractivity contribution >= 4 is 11.9 Å². The van der Waals surface area contributed by atoms with Gasteiger partial charge in [0.1, 0.15) is 13.2 Å². The summed E-state index contributed by atoms with van der Waals surface area (Å²) < 4.78 is 5.62. The maximum Gasteiger partial charge on any atom is 0.330 e. The van der Waals surface area contributed by atoms with Crippen LogP contribution in [-0.4, -0.2) is 55.3 Å². The van der Waals surface area contributed by atoms with E-state index in [0.717, 1.165) is 19.0 Å². The number of likely N-dealkylation sites (N-methyl/N-ethyl adjacent to an activating group) is 1. The largest absolute Gasteiger partial charge is 0.481 e. The van der Waals surface area contributed by atoms with Crippen LogP contribution >= 0.6 is 0 Å². The zero-order valence-corrected chi connectivity index (χ0v) is 10.6. The molecule has 0 saturated carbocycles. The summed E-state index contributed by atoms with van der Waals surface area (Å²) in [6.45, 7) is 5.26. The van der Waals surface area contributed by atoms with Gasteiger partial charge in [-0.2, -0.15) is 0 Å². The molecule has 0 unspecified atom stereocenters. The quantitative estimate of drug-likeness (QED) is 0.285. The van der Waals surface area contributed by atoms with Gasteiger partial charge in [-0.15, -0.1) is 0 Å². The van der Waals surface area contributed by atoms with Gasteiger partial charge in [-0.3, -0.25) is 4.79 Å². The Hall–Kier alpha value is -1.36. The number of unbranched alkanes of at least 4 members (excludes halogenated alkanes) is 1. The molecular weight excluding hydrogens is 222 g/mol. The highest BCUT2D eigenvalue weighted by molar-refractivity contribution is 5.81. The molecule has 0 aliphatic carbocycles. The summed E-state index contributed by atoms with van der Waals surface area (Å²) in [6, 6.07) is 0. The number of carbonyl (C=O) groups is 2. The Labute approximate surface area is 102 Å². The fourth-order valence-electron chi connectivity index (χ4n) is 1.38. The molecular formula is C12H22NO4+. The maximum atomic E-state index is 10.8. The molecule has 0 radical (unpaired) electrons. The summed E-state index contributed by atoms with van der Waals surface area (Å²) >= 11 is 0. The van der Waals surface area contributed by atoms with Crippen LogP contribution in [0.1, 0.15) is 19.3 Å². The zero-order valence-electron chi connectivity index (χ0n) is 10.6. The molecule has 0 aliphatic rings. The van der Waals surface area contributed by atoms with E-state index in [2.05, 4.69) is 6.58 Å². The first-order valence-corrected chi connectivity index (χ1v) is 5.70. The lowest BCUT2D eigenvalue weighted by atomic mass is 10.2. The smallest absolute Gasteiger partial charge is 0.330 e. The third-order valence-corrected chi connectivity index (χ3v) is 2.51. The average molecular weight is 244 g/mol. The van der Waals surface area contributed by atoms with Gasteiger partial charge in [0.15, 0.2) is 0 Å². The topological polar surface area (TPSA) is 63.6 Å². The number of carbonyl (C=O) groups excluding carboxylic acids is 1. The van der Waals surface area contributed by atoms with Gasteiger partial charge in [0.25, 0.3) is 0 Å². The fourth-order valence-corrected chi connectivity index (χ4v) is 1.38. The van der Waals surface area contributed by atoms with E-state index in [9.17, 15) is 9.59 Å². The van der Waals surface area contributed by atoms with Crippen molar-refractivity contribution < 1.29 is 23.9 Å². The molecule has 0 atom stereocenters. The fraction of sp³-hybridized carbons (Fsp3) is 0.667.